The molecular weight excluding hydrogens is 329 g/mol. The average molecular weight is 340 g/mol. The van der Waals surface area contributed by atoms with Crippen LogP contribution in [-0.4, -0.2) is 4.92 Å². The van der Waals surface area contributed by atoms with Gasteiger partial charge in [0.05, 0.1) is 4.92 Å². The summed E-state index contributed by atoms with van der Waals surface area (Å²) in [7, 11) is 0. The van der Waals surface area contributed by atoms with Gasteiger partial charge in [-0.2, -0.15) is 0 Å². The Bertz CT molecular complexity index is 661. The molecule has 0 saturated carbocycles. The molecule has 0 bridgehead atoms. The number of nitro groups is 1. The van der Waals surface area contributed by atoms with Crippen LogP contribution in [0.4, 0.5) is 10.1 Å². The van der Waals surface area contributed by atoms with E-state index in [1.54, 1.807) is 31.2 Å². The topological polar surface area (TPSA) is 52.4 Å². The normalized spacial score (nSPS) is 10.3. The molecule has 0 aliphatic carbocycles. The molecule has 2 aromatic rings. The number of ether oxygens (including phenoxy) is 1. The fourth-order valence-corrected chi connectivity index (χ4v) is 2.14. The predicted octanol–water partition coefficient (Wildman–Crippen LogP) is 4.38. The van der Waals surface area contributed by atoms with Crippen molar-refractivity contribution in [3.8, 4) is 5.75 Å². The van der Waals surface area contributed by atoms with Crippen molar-refractivity contribution in [3.63, 3.8) is 0 Å². The van der Waals surface area contributed by atoms with E-state index in [0.29, 0.717) is 15.6 Å². The molecule has 0 fully saturated rings. The molecule has 20 heavy (non-hydrogen) atoms. The molecule has 0 aliphatic rings. The first-order valence-corrected chi connectivity index (χ1v) is 6.59. The number of benzene rings is 2. The fraction of sp³-hybridized carbons (Fsp3) is 0.143. The molecule has 6 heteroatoms. The summed E-state index contributed by atoms with van der Waals surface area (Å²) in [5.41, 5.74) is 1.20. The number of rotatable bonds is 4. The van der Waals surface area contributed by atoms with Crippen LogP contribution in [0.2, 0.25) is 0 Å². The molecule has 0 atom stereocenters. The molecule has 0 spiro atoms. The van der Waals surface area contributed by atoms with Gasteiger partial charge in [0.25, 0.3) is 5.69 Å². The molecule has 0 N–H and O–H groups in total. The number of non-ortho nitro benzene ring substituents is 1. The Morgan fingerprint density at radius 3 is 2.75 bits per heavy atom. The van der Waals surface area contributed by atoms with Crippen LogP contribution in [0.3, 0.4) is 0 Å². The van der Waals surface area contributed by atoms with Gasteiger partial charge in [-0.05, 0) is 24.6 Å². The molecule has 0 heterocycles. The van der Waals surface area contributed by atoms with E-state index < -0.39 is 10.7 Å². The summed E-state index contributed by atoms with van der Waals surface area (Å²) in [6.45, 7) is 1.78. The van der Waals surface area contributed by atoms with E-state index in [4.69, 9.17) is 4.74 Å². The van der Waals surface area contributed by atoms with Gasteiger partial charge in [0, 0.05) is 22.2 Å². The molecular formula is C14H11BrFNO3. The molecule has 0 radical (unpaired) electrons. The molecule has 0 aromatic heterocycles. The smallest absolute Gasteiger partial charge is 0.270 e. The Balaban J connectivity index is 2.15. The largest absolute Gasteiger partial charge is 0.486 e. The van der Waals surface area contributed by atoms with E-state index in [-0.39, 0.29) is 18.0 Å². The van der Waals surface area contributed by atoms with Gasteiger partial charge in [-0.25, -0.2) is 4.39 Å². The van der Waals surface area contributed by atoms with Crippen molar-refractivity contribution in [1.82, 2.24) is 0 Å². The molecule has 0 aliphatic heterocycles. The summed E-state index contributed by atoms with van der Waals surface area (Å²) >= 11 is 3.24. The van der Waals surface area contributed by atoms with E-state index >= 15 is 0 Å². The first-order valence-electron chi connectivity index (χ1n) is 5.80. The minimum Gasteiger partial charge on any atom is -0.486 e. The highest BCUT2D eigenvalue weighted by Gasteiger charge is 2.11. The summed E-state index contributed by atoms with van der Waals surface area (Å²) in [5, 5.41) is 10.6. The van der Waals surface area contributed by atoms with Gasteiger partial charge in [-0.1, -0.05) is 28.1 Å². The Labute approximate surface area is 123 Å². The van der Waals surface area contributed by atoms with Gasteiger partial charge < -0.3 is 4.74 Å². The van der Waals surface area contributed by atoms with E-state index in [9.17, 15) is 14.5 Å². The van der Waals surface area contributed by atoms with Gasteiger partial charge in [0.15, 0.2) is 11.6 Å². The second-order valence-electron chi connectivity index (χ2n) is 4.21. The maximum absolute atomic E-state index is 13.7. The van der Waals surface area contributed by atoms with Crippen molar-refractivity contribution in [1.29, 1.82) is 0 Å². The Morgan fingerprint density at radius 1 is 1.35 bits per heavy atom. The van der Waals surface area contributed by atoms with Crippen LogP contribution in [0.1, 0.15) is 11.1 Å². The molecule has 4 nitrogen and oxygen atoms in total. The number of nitro benzene ring substituents is 1. The highest BCUT2D eigenvalue weighted by molar-refractivity contribution is 9.10. The standard InChI is InChI=1S/C14H11BrFNO3/c1-9-3-2-4-13(14(9)16)20-8-10-5-6-11(17(18)19)7-12(10)15/h2-7H,8H2,1H3. The molecule has 0 unspecified atom stereocenters. The first-order chi connectivity index (χ1) is 9.49. The van der Waals surface area contributed by atoms with Crippen molar-refractivity contribution < 1.29 is 14.1 Å². The van der Waals surface area contributed by atoms with Crippen molar-refractivity contribution in [3.05, 3.63) is 67.9 Å². The zero-order valence-corrected chi connectivity index (χ0v) is 12.2. The van der Waals surface area contributed by atoms with E-state index in [1.807, 2.05) is 0 Å². The molecule has 2 rings (SSSR count). The number of nitrogens with zero attached hydrogens (tertiary/aromatic N) is 1. The molecule has 2 aromatic carbocycles. The van der Waals surface area contributed by atoms with E-state index in [1.165, 1.54) is 12.1 Å². The van der Waals surface area contributed by atoms with Gasteiger partial charge in [-0.15, -0.1) is 0 Å². The molecule has 0 amide bonds. The highest BCUT2D eigenvalue weighted by atomic mass is 79.9. The second-order valence-corrected chi connectivity index (χ2v) is 5.06. The summed E-state index contributed by atoms with van der Waals surface area (Å²) in [6, 6.07) is 9.27. The summed E-state index contributed by atoms with van der Waals surface area (Å²) in [4.78, 5) is 10.2. The average Bonchev–Trinajstić information content (AvgIpc) is 2.41. The number of aryl methyl sites for hydroxylation is 1. The van der Waals surface area contributed by atoms with Crippen LogP contribution < -0.4 is 4.74 Å². The van der Waals surface area contributed by atoms with Crippen LogP contribution >= 0.6 is 15.9 Å². The summed E-state index contributed by atoms with van der Waals surface area (Å²) < 4.78 is 19.7. The molecule has 0 saturated heterocycles. The van der Waals surface area contributed by atoms with Crippen LogP contribution in [0.15, 0.2) is 40.9 Å². The number of hydrogen-bond donors (Lipinski definition) is 0. The Morgan fingerprint density at radius 2 is 2.10 bits per heavy atom. The summed E-state index contributed by atoms with van der Waals surface area (Å²) in [5.74, 6) is -0.235. The zero-order chi connectivity index (χ0) is 14.7. The highest BCUT2D eigenvalue weighted by Crippen LogP contribution is 2.26. The van der Waals surface area contributed by atoms with Crippen molar-refractivity contribution >= 4 is 21.6 Å². The van der Waals surface area contributed by atoms with Crippen LogP contribution in [0.5, 0.6) is 5.75 Å². The lowest BCUT2D eigenvalue weighted by molar-refractivity contribution is -0.384. The SMILES string of the molecule is Cc1cccc(OCc2ccc([N+](=O)[O-])cc2Br)c1F. The van der Waals surface area contributed by atoms with Crippen molar-refractivity contribution in [2.75, 3.05) is 0 Å². The minimum absolute atomic E-state index is 0.0117. The number of halogens is 2. The van der Waals surface area contributed by atoms with Crippen LogP contribution in [0.25, 0.3) is 0 Å². The maximum atomic E-state index is 13.7. The van der Waals surface area contributed by atoms with Crippen LogP contribution in [-0.2, 0) is 6.61 Å². The lowest BCUT2D eigenvalue weighted by Crippen LogP contribution is -2.00. The Kier molecular flexibility index (Phi) is 4.34. The molecule has 104 valence electrons. The fourth-order valence-electron chi connectivity index (χ4n) is 1.65. The minimum atomic E-state index is -0.477. The van der Waals surface area contributed by atoms with Gasteiger partial charge in [0.1, 0.15) is 6.61 Å². The van der Waals surface area contributed by atoms with E-state index in [0.717, 1.165) is 0 Å². The monoisotopic (exact) mass is 339 g/mol. The maximum Gasteiger partial charge on any atom is 0.270 e. The van der Waals surface area contributed by atoms with Gasteiger partial charge >= 0.3 is 0 Å². The first kappa shape index (κ1) is 14.5. The van der Waals surface area contributed by atoms with E-state index in [2.05, 4.69) is 15.9 Å². The van der Waals surface area contributed by atoms with Gasteiger partial charge in [0.2, 0.25) is 0 Å². The quantitative estimate of drug-likeness (QED) is 0.613. The lowest BCUT2D eigenvalue weighted by Gasteiger charge is -2.09. The van der Waals surface area contributed by atoms with Crippen molar-refractivity contribution in [2.45, 2.75) is 13.5 Å². The predicted molar refractivity (Wildman–Crippen MR) is 76.3 cm³/mol. The summed E-state index contributed by atoms with van der Waals surface area (Å²) in [6.07, 6.45) is 0. The van der Waals surface area contributed by atoms with Crippen molar-refractivity contribution in [2.24, 2.45) is 0 Å². The number of hydrogen-bond acceptors (Lipinski definition) is 3. The lowest BCUT2D eigenvalue weighted by atomic mass is 10.2. The third-order valence-corrected chi connectivity index (χ3v) is 3.53. The third kappa shape index (κ3) is 3.14. The zero-order valence-electron chi connectivity index (χ0n) is 10.6. The second kappa shape index (κ2) is 6.00. The van der Waals surface area contributed by atoms with Crippen LogP contribution in [0, 0.1) is 22.9 Å². The Hall–Kier alpha value is -1.95. The van der Waals surface area contributed by atoms with Gasteiger partial charge in [-0.3, -0.25) is 10.1 Å². The third-order valence-electron chi connectivity index (χ3n) is 2.79.